The predicted molar refractivity (Wildman–Crippen MR) is 117 cm³/mol. The van der Waals surface area contributed by atoms with Gasteiger partial charge in [0, 0.05) is 18.3 Å². The van der Waals surface area contributed by atoms with Crippen LogP contribution in [0.15, 0.2) is 60.8 Å². The fourth-order valence-corrected chi connectivity index (χ4v) is 3.21. The molecule has 156 valence electrons. The van der Waals surface area contributed by atoms with Crippen LogP contribution in [0.1, 0.15) is 21.5 Å². The van der Waals surface area contributed by atoms with Crippen molar-refractivity contribution < 1.29 is 19.0 Å². The number of carbonyl (C=O) groups excluding carboxylic acids is 1. The van der Waals surface area contributed by atoms with Gasteiger partial charge in [-0.2, -0.15) is 0 Å². The van der Waals surface area contributed by atoms with Crippen molar-refractivity contribution in [3.63, 3.8) is 0 Å². The zero-order valence-electron chi connectivity index (χ0n) is 17.7. The summed E-state index contributed by atoms with van der Waals surface area (Å²) in [4.78, 5) is 19.3. The highest BCUT2D eigenvalue weighted by molar-refractivity contribution is 5.99. The van der Waals surface area contributed by atoms with Gasteiger partial charge >= 0.3 is 0 Å². The Morgan fingerprint density at radius 2 is 1.60 bits per heavy atom. The highest BCUT2D eigenvalue weighted by Crippen LogP contribution is 2.38. The molecule has 3 aromatic rings. The van der Waals surface area contributed by atoms with Gasteiger partial charge in [-0.25, -0.2) is 4.98 Å². The van der Waals surface area contributed by atoms with Crippen LogP contribution in [0.25, 0.3) is 0 Å². The summed E-state index contributed by atoms with van der Waals surface area (Å²) in [5.41, 5.74) is 2.70. The lowest BCUT2D eigenvalue weighted by atomic mass is 10.1. The Hall–Kier alpha value is -3.54. The number of ketones is 1. The maximum atomic E-state index is 12.9. The van der Waals surface area contributed by atoms with Crippen LogP contribution in [0, 0.1) is 6.92 Å². The summed E-state index contributed by atoms with van der Waals surface area (Å²) in [6, 6.07) is 17.0. The van der Waals surface area contributed by atoms with Crippen molar-refractivity contribution in [2.24, 2.45) is 0 Å². The lowest BCUT2D eigenvalue weighted by molar-refractivity contribution is 0.0998. The third-order valence-corrected chi connectivity index (χ3v) is 4.78. The Morgan fingerprint density at radius 3 is 2.13 bits per heavy atom. The maximum Gasteiger partial charge on any atom is 0.203 e. The molecule has 0 spiro atoms. The number of aromatic nitrogens is 1. The van der Waals surface area contributed by atoms with Gasteiger partial charge in [-0.05, 0) is 36.8 Å². The summed E-state index contributed by atoms with van der Waals surface area (Å²) in [6.45, 7) is 2.64. The number of aryl methyl sites for hydroxylation is 1. The van der Waals surface area contributed by atoms with Crippen LogP contribution in [0.2, 0.25) is 0 Å². The number of Topliss-reactive ketones (excluding diaryl/α,β-unsaturated/α-hetero) is 1. The van der Waals surface area contributed by atoms with Gasteiger partial charge in [0.05, 0.1) is 27.9 Å². The molecular weight excluding hydrogens is 380 g/mol. The monoisotopic (exact) mass is 406 g/mol. The molecule has 0 aliphatic rings. The molecule has 0 aliphatic carbocycles. The van der Waals surface area contributed by atoms with E-state index in [0.717, 1.165) is 11.1 Å². The summed E-state index contributed by atoms with van der Waals surface area (Å²) >= 11 is 0. The molecule has 1 aromatic heterocycles. The molecule has 0 saturated carbocycles. The smallest absolute Gasteiger partial charge is 0.203 e. The molecule has 3 rings (SSSR count). The van der Waals surface area contributed by atoms with E-state index < -0.39 is 0 Å². The lowest BCUT2D eigenvalue weighted by Gasteiger charge is -2.24. The van der Waals surface area contributed by atoms with E-state index in [1.807, 2.05) is 66.4 Å². The first-order chi connectivity index (χ1) is 14.5. The summed E-state index contributed by atoms with van der Waals surface area (Å²) in [6.07, 6.45) is 1.72. The number of benzene rings is 2. The molecule has 0 amide bonds. The number of anilines is 1. The average molecular weight is 406 g/mol. The number of hydrogen-bond donors (Lipinski definition) is 0. The molecule has 0 radical (unpaired) electrons. The number of hydrogen-bond acceptors (Lipinski definition) is 6. The number of ether oxygens (including phenoxy) is 3. The molecule has 0 unspecified atom stereocenters. The molecular formula is C24H26N2O4. The number of rotatable bonds is 9. The first-order valence-corrected chi connectivity index (χ1v) is 9.60. The average Bonchev–Trinajstić information content (AvgIpc) is 2.78. The van der Waals surface area contributed by atoms with Crippen LogP contribution in [0.4, 0.5) is 5.82 Å². The predicted octanol–water partition coefficient (Wildman–Crippen LogP) is 4.31. The van der Waals surface area contributed by atoms with Crippen molar-refractivity contribution in [2.45, 2.75) is 13.5 Å². The minimum absolute atomic E-state index is 0.0214. The molecule has 0 bridgehead atoms. The quantitative estimate of drug-likeness (QED) is 0.494. The zero-order chi connectivity index (χ0) is 21.5. The van der Waals surface area contributed by atoms with E-state index in [1.54, 1.807) is 27.5 Å². The van der Waals surface area contributed by atoms with Gasteiger partial charge in [-0.3, -0.25) is 4.79 Å². The second-order valence-electron chi connectivity index (χ2n) is 6.87. The number of pyridine rings is 1. The molecule has 0 aliphatic heterocycles. The largest absolute Gasteiger partial charge is 0.493 e. The van der Waals surface area contributed by atoms with Crippen LogP contribution < -0.4 is 19.1 Å². The molecule has 0 N–H and O–H groups in total. The minimum atomic E-state index is 0.0214. The van der Waals surface area contributed by atoms with Crippen LogP contribution in [-0.2, 0) is 6.54 Å². The van der Waals surface area contributed by atoms with Crippen molar-refractivity contribution in [1.82, 2.24) is 4.98 Å². The zero-order valence-corrected chi connectivity index (χ0v) is 17.7. The van der Waals surface area contributed by atoms with Gasteiger partial charge in [-0.1, -0.05) is 35.9 Å². The van der Waals surface area contributed by atoms with Gasteiger partial charge in [0.2, 0.25) is 5.75 Å². The van der Waals surface area contributed by atoms with Crippen molar-refractivity contribution >= 4 is 11.6 Å². The summed E-state index contributed by atoms with van der Waals surface area (Å²) in [5, 5.41) is 0. The number of methoxy groups -OCH3 is 3. The Bertz CT molecular complexity index is 963. The Kier molecular flexibility index (Phi) is 6.91. The normalized spacial score (nSPS) is 10.4. The molecule has 6 heteroatoms. The Labute approximate surface area is 177 Å². The first kappa shape index (κ1) is 21.2. The van der Waals surface area contributed by atoms with E-state index in [2.05, 4.69) is 4.98 Å². The van der Waals surface area contributed by atoms with E-state index in [4.69, 9.17) is 14.2 Å². The van der Waals surface area contributed by atoms with Gasteiger partial charge in [0.25, 0.3) is 0 Å². The van der Waals surface area contributed by atoms with E-state index >= 15 is 0 Å². The van der Waals surface area contributed by atoms with Gasteiger partial charge < -0.3 is 19.1 Å². The van der Waals surface area contributed by atoms with Crippen molar-refractivity contribution in [3.05, 3.63) is 77.5 Å². The van der Waals surface area contributed by atoms with E-state index in [-0.39, 0.29) is 12.3 Å². The highest BCUT2D eigenvalue weighted by Gasteiger charge is 2.18. The van der Waals surface area contributed by atoms with E-state index in [0.29, 0.717) is 35.2 Å². The molecule has 0 atom stereocenters. The summed E-state index contributed by atoms with van der Waals surface area (Å²) in [5.74, 6) is 2.40. The SMILES string of the molecule is COc1cc(CN(CC(=O)c2ccc(C)cc2)c2ccccn2)cc(OC)c1OC. The summed E-state index contributed by atoms with van der Waals surface area (Å²) < 4.78 is 16.3. The molecule has 1 heterocycles. The Morgan fingerprint density at radius 1 is 0.933 bits per heavy atom. The van der Waals surface area contributed by atoms with Crippen molar-refractivity contribution in [3.8, 4) is 17.2 Å². The fraction of sp³-hybridized carbons (Fsp3) is 0.250. The molecule has 2 aromatic carbocycles. The van der Waals surface area contributed by atoms with Crippen molar-refractivity contribution in [2.75, 3.05) is 32.8 Å². The first-order valence-electron chi connectivity index (χ1n) is 9.60. The standard InChI is InChI=1S/C24H26N2O4/c1-17-8-10-19(11-9-17)20(27)16-26(23-7-5-6-12-25-23)15-18-13-21(28-2)24(30-4)22(14-18)29-3/h5-14H,15-16H2,1-4H3. The molecule has 0 fully saturated rings. The van der Waals surface area contributed by atoms with Crippen LogP contribution in [-0.4, -0.2) is 38.6 Å². The highest BCUT2D eigenvalue weighted by atomic mass is 16.5. The second kappa shape index (κ2) is 9.78. The third kappa shape index (κ3) is 4.89. The van der Waals surface area contributed by atoms with Gasteiger partial charge in [0.15, 0.2) is 17.3 Å². The maximum absolute atomic E-state index is 12.9. The van der Waals surface area contributed by atoms with Crippen LogP contribution in [0.5, 0.6) is 17.2 Å². The molecule has 6 nitrogen and oxygen atoms in total. The minimum Gasteiger partial charge on any atom is -0.493 e. The number of nitrogens with zero attached hydrogens (tertiary/aromatic N) is 2. The third-order valence-electron chi connectivity index (χ3n) is 4.78. The van der Waals surface area contributed by atoms with E-state index in [9.17, 15) is 4.79 Å². The van der Waals surface area contributed by atoms with Crippen LogP contribution in [0.3, 0.4) is 0 Å². The van der Waals surface area contributed by atoms with Gasteiger partial charge in [0.1, 0.15) is 5.82 Å². The molecule has 0 saturated heterocycles. The topological polar surface area (TPSA) is 60.9 Å². The van der Waals surface area contributed by atoms with Crippen LogP contribution >= 0.6 is 0 Å². The molecule has 30 heavy (non-hydrogen) atoms. The Balaban J connectivity index is 1.92. The summed E-state index contributed by atoms with van der Waals surface area (Å²) in [7, 11) is 4.73. The number of carbonyl (C=O) groups is 1. The van der Waals surface area contributed by atoms with E-state index in [1.165, 1.54) is 0 Å². The second-order valence-corrected chi connectivity index (χ2v) is 6.87. The van der Waals surface area contributed by atoms with Gasteiger partial charge in [-0.15, -0.1) is 0 Å². The fourth-order valence-electron chi connectivity index (χ4n) is 3.21. The lowest BCUT2D eigenvalue weighted by Crippen LogP contribution is -2.30. The van der Waals surface area contributed by atoms with Crippen molar-refractivity contribution in [1.29, 1.82) is 0 Å².